The zero-order valence-electron chi connectivity index (χ0n) is 6.97. The minimum Gasteiger partial charge on any atom is -0.491 e. The molecule has 0 heterocycles. The van der Waals surface area contributed by atoms with Gasteiger partial charge in [-0.3, -0.25) is 0 Å². The summed E-state index contributed by atoms with van der Waals surface area (Å²) in [5.74, 6) is 0.340. The molecule has 0 aliphatic heterocycles. The summed E-state index contributed by atoms with van der Waals surface area (Å²) >= 11 is 2.06. The highest BCUT2D eigenvalue weighted by molar-refractivity contribution is 14.1. The second-order valence-electron chi connectivity index (χ2n) is 2.77. The van der Waals surface area contributed by atoms with Crippen LogP contribution in [0.2, 0.25) is 0 Å². The van der Waals surface area contributed by atoms with E-state index in [0.717, 1.165) is 3.57 Å². The fraction of sp³-hybridized carbons (Fsp3) is 0.333. The molecule has 1 aromatic rings. The molecule has 1 aromatic carbocycles. The van der Waals surface area contributed by atoms with Crippen LogP contribution in [0, 0.1) is 9.39 Å². The Morgan fingerprint density at radius 2 is 2.00 bits per heavy atom. The van der Waals surface area contributed by atoms with Gasteiger partial charge in [0.05, 0.1) is 6.10 Å². The SMILES string of the molecule is CC(C)Oc1cc(F)cc(I)c1. The van der Waals surface area contributed by atoms with Gasteiger partial charge in [0.15, 0.2) is 0 Å². The van der Waals surface area contributed by atoms with Gasteiger partial charge >= 0.3 is 0 Å². The number of ether oxygens (including phenoxy) is 1. The van der Waals surface area contributed by atoms with E-state index in [1.54, 1.807) is 0 Å². The smallest absolute Gasteiger partial charge is 0.127 e. The Kier molecular flexibility index (Phi) is 3.31. The van der Waals surface area contributed by atoms with E-state index in [-0.39, 0.29) is 11.9 Å². The van der Waals surface area contributed by atoms with Crippen molar-refractivity contribution in [3.63, 3.8) is 0 Å². The molecule has 0 aliphatic rings. The molecular formula is C9H10FIO. The average Bonchev–Trinajstić information content (AvgIpc) is 1.81. The molecule has 1 rings (SSSR count). The molecule has 0 unspecified atom stereocenters. The van der Waals surface area contributed by atoms with E-state index in [0.29, 0.717) is 5.75 Å². The van der Waals surface area contributed by atoms with Gasteiger partial charge in [-0.05, 0) is 48.6 Å². The van der Waals surface area contributed by atoms with Crippen molar-refractivity contribution in [2.75, 3.05) is 0 Å². The molecule has 0 N–H and O–H groups in total. The molecule has 0 amide bonds. The summed E-state index contributed by atoms with van der Waals surface area (Å²) in [7, 11) is 0. The summed E-state index contributed by atoms with van der Waals surface area (Å²) in [6, 6.07) is 4.67. The average molecular weight is 280 g/mol. The van der Waals surface area contributed by atoms with Gasteiger partial charge in [-0.15, -0.1) is 0 Å². The summed E-state index contributed by atoms with van der Waals surface area (Å²) in [4.78, 5) is 0. The Labute approximate surface area is 85.1 Å². The lowest BCUT2D eigenvalue weighted by molar-refractivity contribution is 0.241. The van der Waals surface area contributed by atoms with Gasteiger partial charge < -0.3 is 4.74 Å². The van der Waals surface area contributed by atoms with Crippen LogP contribution in [0.3, 0.4) is 0 Å². The first-order valence-electron chi connectivity index (χ1n) is 3.70. The van der Waals surface area contributed by atoms with Crippen molar-refractivity contribution in [3.8, 4) is 5.75 Å². The molecule has 3 heteroatoms. The zero-order chi connectivity index (χ0) is 9.14. The van der Waals surface area contributed by atoms with E-state index in [4.69, 9.17) is 4.74 Å². The lowest BCUT2D eigenvalue weighted by Gasteiger charge is -2.09. The lowest BCUT2D eigenvalue weighted by Crippen LogP contribution is -2.05. The van der Waals surface area contributed by atoms with E-state index in [1.165, 1.54) is 12.1 Å². The molecule has 0 fully saturated rings. The van der Waals surface area contributed by atoms with Crippen LogP contribution in [0.25, 0.3) is 0 Å². The van der Waals surface area contributed by atoms with Gasteiger partial charge in [-0.2, -0.15) is 0 Å². The number of hydrogen-bond acceptors (Lipinski definition) is 1. The molecule has 0 bridgehead atoms. The normalized spacial score (nSPS) is 10.4. The highest BCUT2D eigenvalue weighted by atomic mass is 127. The number of rotatable bonds is 2. The molecule has 0 aliphatic carbocycles. The van der Waals surface area contributed by atoms with E-state index in [9.17, 15) is 4.39 Å². The van der Waals surface area contributed by atoms with Gasteiger partial charge in [0.2, 0.25) is 0 Å². The van der Waals surface area contributed by atoms with Crippen LogP contribution in [-0.4, -0.2) is 6.10 Å². The Morgan fingerprint density at radius 1 is 1.33 bits per heavy atom. The molecule has 0 saturated heterocycles. The minimum atomic E-state index is -0.252. The zero-order valence-corrected chi connectivity index (χ0v) is 9.13. The third kappa shape index (κ3) is 2.97. The third-order valence-electron chi connectivity index (χ3n) is 1.21. The Morgan fingerprint density at radius 3 is 2.50 bits per heavy atom. The van der Waals surface area contributed by atoms with Crippen molar-refractivity contribution >= 4 is 22.6 Å². The molecular weight excluding hydrogens is 270 g/mol. The van der Waals surface area contributed by atoms with Crippen molar-refractivity contribution in [2.24, 2.45) is 0 Å². The van der Waals surface area contributed by atoms with E-state index in [1.807, 2.05) is 19.9 Å². The van der Waals surface area contributed by atoms with Gasteiger partial charge in [-0.25, -0.2) is 4.39 Å². The van der Waals surface area contributed by atoms with Crippen LogP contribution in [0.4, 0.5) is 4.39 Å². The lowest BCUT2D eigenvalue weighted by atomic mass is 10.3. The molecule has 0 atom stereocenters. The van der Waals surface area contributed by atoms with Crippen LogP contribution >= 0.6 is 22.6 Å². The fourth-order valence-corrected chi connectivity index (χ4v) is 1.47. The molecule has 0 aromatic heterocycles. The Bertz CT molecular complexity index is 253. The Hall–Kier alpha value is -0.320. The van der Waals surface area contributed by atoms with Gasteiger partial charge in [0.25, 0.3) is 0 Å². The second kappa shape index (κ2) is 4.07. The predicted molar refractivity (Wildman–Crippen MR) is 54.9 cm³/mol. The van der Waals surface area contributed by atoms with E-state index < -0.39 is 0 Å². The van der Waals surface area contributed by atoms with Crippen LogP contribution < -0.4 is 4.74 Å². The van der Waals surface area contributed by atoms with Crippen molar-refractivity contribution in [3.05, 3.63) is 27.6 Å². The quantitative estimate of drug-likeness (QED) is 0.756. The molecule has 66 valence electrons. The van der Waals surface area contributed by atoms with Crippen LogP contribution in [0.1, 0.15) is 13.8 Å². The van der Waals surface area contributed by atoms with Crippen molar-refractivity contribution in [1.29, 1.82) is 0 Å². The predicted octanol–water partition coefficient (Wildman–Crippen LogP) is 3.22. The van der Waals surface area contributed by atoms with Gasteiger partial charge in [0, 0.05) is 9.64 Å². The standard InChI is InChI=1S/C9H10FIO/c1-6(2)12-9-4-7(10)3-8(11)5-9/h3-6H,1-2H3. The van der Waals surface area contributed by atoms with E-state index in [2.05, 4.69) is 22.6 Å². The van der Waals surface area contributed by atoms with Crippen LogP contribution in [0.15, 0.2) is 18.2 Å². The molecule has 1 nitrogen and oxygen atoms in total. The van der Waals surface area contributed by atoms with Crippen molar-refractivity contribution in [2.45, 2.75) is 20.0 Å². The highest BCUT2D eigenvalue weighted by Crippen LogP contribution is 2.18. The van der Waals surface area contributed by atoms with Crippen LogP contribution in [-0.2, 0) is 0 Å². The molecule has 0 radical (unpaired) electrons. The molecule has 12 heavy (non-hydrogen) atoms. The summed E-state index contributed by atoms with van der Waals surface area (Å²) in [5.41, 5.74) is 0. The first-order chi connectivity index (χ1) is 5.58. The maximum atomic E-state index is 12.8. The second-order valence-corrected chi connectivity index (χ2v) is 4.02. The van der Waals surface area contributed by atoms with E-state index >= 15 is 0 Å². The topological polar surface area (TPSA) is 9.23 Å². The number of halogens is 2. The monoisotopic (exact) mass is 280 g/mol. The van der Waals surface area contributed by atoms with Gasteiger partial charge in [0.1, 0.15) is 11.6 Å². The van der Waals surface area contributed by atoms with Crippen molar-refractivity contribution in [1.82, 2.24) is 0 Å². The van der Waals surface area contributed by atoms with Crippen LogP contribution in [0.5, 0.6) is 5.75 Å². The largest absolute Gasteiger partial charge is 0.491 e. The number of hydrogen-bond donors (Lipinski definition) is 0. The number of benzene rings is 1. The molecule has 0 spiro atoms. The fourth-order valence-electron chi connectivity index (χ4n) is 0.869. The summed E-state index contributed by atoms with van der Waals surface area (Å²) in [6.07, 6.45) is 0.0857. The maximum Gasteiger partial charge on any atom is 0.127 e. The van der Waals surface area contributed by atoms with Gasteiger partial charge in [-0.1, -0.05) is 0 Å². The van der Waals surface area contributed by atoms with Crippen molar-refractivity contribution < 1.29 is 9.13 Å². The maximum absolute atomic E-state index is 12.8. The molecule has 0 saturated carbocycles. The highest BCUT2D eigenvalue weighted by Gasteiger charge is 2.01. The summed E-state index contributed by atoms with van der Waals surface area (Å²) in [6.45, 7) is 3.83. The first kappa shape index (κ1) is 9.77. The summed E-state index contributed by atoms with van der Waals surface area (Å²) in [5, 5.41) is 0. The minimum absolute atomic E-state index is 0.0857. The summed E-state index contributed by atoms with van der Waals surface area (Å²) < 4.78 is 19.0. The third-order valence-corrected chi connectivity index (χ3v) is 1.83. The Balaban J connectivity index is 2.85. The first-order valence-corrected chi connectivity index (χ1v) is 4.78.